The Morgan fingerprint density at radius 3 is 2.85 bits per heavy atom. The summed E-state index contributed by atoms with van der Waals surface area (Å²) >= 11 is 6.09. The van der Waals surface area contributed by atoms with Gasteiger partial charge in [0.15, 0.2) is 0 Å². The van der Waals surface area contributed by atoms with Crippen molar-refractivity contribution in [1.82, 2.24) is 10.3 Å². The van der Waals surface area contributed by atoms with Gasteiger partial charge in [0, 0.05) is 41.2 Å². The number of benzene rings is 2. The molecule has 0 aliphatic heterocycles. The Hall–Kier alpha value is -2.50. The highest BCUT2D eigenvalue weighted by atomic mass is 35.5. The fourth-order valence-electron chi connectivity index (χ4n) is 3.03. The molecule has 1 aromatic heterocycles. The molecule has 3 rings (SSSR count). The molecule has 0 atom stereocenters. The van der Waals surface area contributed by atoms with E-state index < -0.39 is 0 Å². The standard InChI is InChI=1S/C21H24ClN3O2/c1-14-11-19(20(27-2)12-17(14)22)25-21(26)8-10-23-9-7-15-13-24-18-6-4-3-5-16(15)18/h3-6,11-13,23-24H,7-10H2,1-2H3,(H,25,26). The Morgan fingerprint density at radius 2 is 2.04 bits per heavy atom. The lowest BCUT2D eigenvalue weighted by molar-refractivity contribution is -0.116. The molecule has 142 valence electrons. The van der Waals surface area contributed by atoms with Crippen LogP contribution in [0.2, 0.25) is 5.02 Å². The van der Waals surface area contributed by atoms with Crippen molar-refractivity contribution >= 4 is 34.1 Å². The van der Waals surface area contributed by atoms with Crippen molar-refractivity contribution in [2.45, 2.75) is 19.8 Å². The first-order valence-electron chi connectivity index (χ1n) is 8.98. The lowest BCUT2D eigenvalue weighted by Crippen LogP contribution is -2.23. The Bertz CT molecular complexity index is 936. The smallest absolute Gasteiger partial charge is 0.225 e. The van der Waals surface area contributed by atoms with Gasteiger partial charge in [-0.05, 0) is 43.1 Å². The zero-order valence-electron chi connectivity index (χ0n) is 15.6. The third kappa shape index (κ3) is 4.81. The summed E-state index contributed by atoms with van der Waals surface area (Å²) in [4.78, 5) is 15.5. The van der Waals surface area contributed by atoms with E-state index in [-0.39, 0.29) is 5.91 Å². The molecule has 6 heteroatoms. The molecule has 5 nitrogen and oxygen atoms in total. The Kier molecular flexibility index (Phi) is 6.37. The van der Waals surface area contributed by atoms with Gasteiger partial charge in [0.2, 0.25) is 5.91 Å². The minimum Gasteiger partial charge on any atom is -0.495 e. The minimum absolute atomic E-state index is 0.0605. The second kappa shape index (κ2) is 8.93. The van der Waals surface area contributed by atoms with E-state index in [1.807, 2.05) is 31.3 Å². The number of para-hydroxylation sites is 1. The van der Waals surface area contributed by atoms with Crippen LogP contribution in [0.3, 0.4) is 0 Å². The van der Waals surface area contributed by atoms with Crippen molar-refractivity contribution in [1.29, 1.82) is 0 Å². The largest absolute Gasteiger partial charge is 0.495 e. The first-order valence-corrected chi connectivity index (χ1v) is 9.36. The Labute approximate surface area is 164 Å². The number of rotatable bonds is 8. The van der Waals surface area contributed by atoms with E-state index in [2.05, 4.69) is 27.8 Å². The zero-order chi connectivity index (χ0) is 19.2. The van der Waals surface area contributed by atoms with E-state index in [9.17, 15) is 4.79 Å². The molecule has 0 aliphatic rings. The normalized spacial score (nSPS) is 10.9. The first-order chi connectivity index (χ1) is 13.1. The molecule has 0 radical (unpaired) electrons. The van der Waals surface area contributed by atoms with Crippen molar-refractivity contribution < 1.29 is 9.53 Å². The number of hydrogen-bond acceptors (Lipinski definition) is 3. The fraction of sp³-hybridized carbons (Fsp3) is 0.286. The molecule has 0 fully saturated rings. The second-order valence-corrected chi connectivity index (χ2v) is 6.87. The molecule has 1 heterocycles. The number of ether oxygens (including phenoxy) is 1. The van der Waals surface area contributed by atoms with Gasteiger partial charge in [0.1, 0.15) is 5.75 Å². The van der Waals surface area contributed by atoms with Gasteiger partial charge in [-0.15, -0.1) is 0 Å². The van der Waals surface area contributed by atoms with Crippen LogP contribution in [0.25, 0.3) is 10.9 Å². The molecule has 2 aromatic carbocycles. The third-order valence-corrected chi connectivity index (χ3v) is 4.94. The van der Waals surface area contributed by atoms with E-state index in [4.69, 9.17) is 16.3 Å². The number of aryl methyl sites for hydroxylation is 1. The SMILES string of the molecule is COc1cc(Cl)c(C)cc1NC(=O)CCNCCc1c[nH]c2ccccc12. The number of methoxy groups -OCH3 is 1. The molecule has 3 N–H and O–H groups in total. The minimum atomic E-state index is -0.0605. The molecular formula is C21H24ClN3O2. The van der Waals surface area contributed by atoms with Crippen molar-refractivity contribution in [2.75, 3.05) is 25.5 Å². The molecule has 0 unspecified atom stereocenters. The highest BCUT2D eigenvalue weighted by Gasteiger charge is 2.10. The first kappa shape index (κ1) is 19.3. The van der Waals surface area contributed by atoms with Crippen LogP contribution >= 0.6 is 11.6 Å². The monoisotopic (exact) mass is 385 g/mol. The van der Waals surface area contributed by atoms with Gasteiger partial charge in [0.05, 0.1) is 12.8 Å². The molecule has 1 amide bonds. The molecule has 0 saturated carbocycles. The number of hydrogen-bond donors (Lipinski definition) is 3. The topological polar surface area (TPSA) is 66.2 Å². The van der Waals surface area contributed by atoms with Gasteiger partial charge in [-0.2, -0.15) is 0 Å². The number of fused-ring (bicyclic) bond motifs is 1. The number of aromatic nitrogens is 1. The number of aromatic amines is 1. The predicted octanol–water partition coefficient (Wildman–Crippen LogP) is 4.30. The zero-order valence-corrected chi connectivity index (χ0v) is 16.3. The number of H-pyrrole nitrogens is 1. The summed E-state index contributed by atoms with van der Waals surface area (Å²) in [5, 5.41) is 8.08. The third-order valence-electron chi connectivity index (χ3n) is 4.53. The number of anilines is 1. The van der Waals surface area contributed by atoms with E-state index in [1.54, 1.807) is 13.2 Å². The summed E-state index contributed by atoms with van der Waals surface area (Å²) in [6.45, 7) is 3.32. The molecule has 3 aromatic rings. The average Bonchev–Trinajstić information content (AvgIpc) is 3.07. The van der Waals surface area contributed by atoms with Crippen LogP contribution in [0, 0.1) is 6.92 Å². The van der Waals surface area contributed by atoms with Crippen LogP contribution in [-0.4, -0.2) is 31.1 Å². The van der Waals surface area contributed by atoms with Crippen LogP contribution in [0.15, 0.2) is 42.6 Å². The summed E-state index contributed by atoms with van der Waals surface area (Å²) < 4.78 is 5.28. The number of nitrogens with one attached hydrogen (secondary N) is 3. The van der Waals surface area contributed by atoms with Gasteiger partial charge >= 0.3 is 0 Å². The Morgan fingerprint density at radius 1 is 1.22 bits per heavy atom. The van der Waals surface area contributed by atoms with E-state index >= 15 is 0 Å². The van der Waals surface area contributed by atoms with Gasteiger partial charge in [-0.25, -0.2) is 0 Å². The van der Waals surface area contributed by atoms with E-state index in [0.29, 0.717) is 29.4 Å². The number of amides is 1. The number of halogens is 1. The van der Waals surface area contributed by atoms with Gasteiger partial charge in [-0.3, -0.25) is 4.79 Å². The van der Waals surface area contributed by atoms with Crippen LogP contribution in [0.4, 0.5) is 5.69 Å². The maximum absolute atomic E-state index is 12.2. The summed E-state index contributed by atoms with van der Waals surface area (Å²) in [6, 6.07) is 11.8. The van der Waals surface area contributed by atoms with Crippen molar-refractivity contribution in [2.24, 2.45) is 0 Å². The molecule has 0 saturated heterocycles. The molecule has 0 spiro atoms. The van der Waals surface area contributed by atoms with Gasteiger partial charge < -0.3 is 20.4 Å². The maximum Gasteiger partial charge on any atom is 0.225 e. The van der Waals surface area contributed by atoms with E-state index in [0.717, 1.165) is 24.0 Å². The van der Waals surface area contributed by atoms with Crippen LogP contribution < -0.4 is 15.4 Å². The Balaban J connectivity index is 1.44. The van der Waals surface area contributed by atoms with Crippen LogP contribution in [-0.2, 0) is 11.2 Å². The fourth-order valence-corrected chi connectivity index (χ4v) is 3.18. The van der Waals surface area contributed by atoms with Crippen molar-refractivity contribution in [3.05, 3.63) is 58.7 Å². The number of carbonyl (C=O) groups is 1. The molecule has 27 heavy (non-hydrogen) atoms. The van der Waals surface area contributed by atoms with Crippen molar-refractivity contribution in [3.8, 4) is 5.75 Å². The van der Waals surface area contributed by atoms with Crippen molar-refractivity contribution in [3.63, 3.8) is 0 Å². The maximum atomic E-state index is 12.2. The van der Waals surface area contributed by atoms with Crippen LogP contribution in [0.5, 0.6) is 5.75 Å². The molecular weight excluding hydrogens is 362 g/mol. The van der Waals surface area contributed by atoms with Gasteiger partial charge in [-0.1, -0.05) is 29.8 Å². The van der Waals surface area contributed by atoms with Crippen LogP contribution in [0.1, 0.15) is 17.5 Å². The van der Waals surface area contributed by atoms with Gasteiger partial charge in [0.25, 0.3) is 0 Å². The molecule has 0 aliphatic carbocycles. The number of carbonyl (C=O) groups excluding carboxylic acids is 1. The highest BCUT2D eigenvalue weighted by Crippen LogP contribution is 2.30. The summed E-state index contributed by atoms with van der Waals surface area (Å²) in [5.41, 5.74) is 3.97. The summed E-state index contributed by atoms with van der Waals surface area (Å²) in [6.07, 6.45) is 3.35. The van der Waals surface area contributed by atoms with E-state index in [1.165, 1.54) is 10.9 Å². The predicted molar refractivity (Wildman–Crippen MR) is 111 cm³/mol. The highest BCUT2D eigenvalue weighted by molar-refractivity contribution is 6.31. The summed E-state index contributed by atoms with van der Waals surface area (Å²) in [5.74, 6) is 0.501. The summed E-state index contributed by atoms with van der Waals surface area (Å²) in [7, 11) is 1.56. The lowest BCUT2D eigenvalue weighted by atomic mass is 10.1. The second-order valence-electron chi connectivity index (χ2n) is 6.46. The lowest BCUT2D eigenvalue weighted by Gasteiger charge is -2.12. The quantitative estimate of drug-likeness (QED) is 0.506. The average molecular weight is 386 g/mol. The molecule has 0 bridgehead atoms.